The van der Waals surface area contributed by atoms with E-state index in [1.807, 2.05) is 25.1 Å². The summed E-state index contributed by atoms with van der Waals surface area (Å²) in [5.74, 6) is 0.174. The number of alkyl carbamates (subject to hydrolysis) is 1. The van der Waals surface area contributed by atoms with Crippen LogP contribution in [0.3, 0.4) is 0 Å². The molecule has 0 spiro atoms. The van der Waals surface area contributed by atoms with Gasteiger partial charge in [0.15, 0.2) is 0 Å². The van der Waals surface area contributed by atoms with Gasteiger partial charge in [0.25, 0.3) is 0 Å². The lowest BCUT2D eigenvalue weighted by Gasteiger charge is -2.22. The first-order chi connectivity index (χ1) is 10.6. The molecule has 1 unspecified atom stereocenters. The molecule has 0 saturated heterocycles. The van der Waals surface area contributed by atoms with Crippen molar-refractivity contribution in [3.05, 3.63) is 23.8 Å². The third-order valence-electron chi connectivity index (χ3n) is 3.14. The molecule has 0 aromatic heterocycles. The van der Waals surface area contributed by atoms with E-state index in [4.69, 9.17) is 4.74 Å². The van der Waals surface area contributed by atoms with E-state index in [0.717, 1.165) is 11.3 Å². The second-order valence-corrected chi connectivity index (χ2v) is 6.63. The number of aromatic hydroxyl groups is 1. The fourth-order valence-electron chi connectivity index (χ4n) is 2.15. The molecule has 1 aromatic carbocycles. The molecule has 0 fully saturated rings. The Balaban J connectivity index is 2.70. The number of phenols is 1. The molecule has 1 rings (SSSR count). The lowest BCUT2D eigenvalue weighted by Crippen LogP contribution is -2.40. The third kappa shape index (κ3) is 6.59. The minimum atomic E-state index is -0.637. The second-order valence-electron chi connectivity index (χ2n) is 6.63. The van der Waals surface area contributed by atoms with E-state index in [-0.39, 0.29) is 5.75 Å². The van der Waals surface area contributed by atoms with E-state index in [2.05, 4.69) is 5.32 Å². The summed E-state index contributed by atoms with van der Waals surface area (Å²) >= 11 is 0. The summed E-state index contributed by atoms with van der Waals surface area (Å²) in [7, 11) is 3.82. The number of rotatable bonds is 6. The molecule has 0 radical (unpaired) electrons. The van der Waals surface area contributed by atoms with Crippen LogP contribution in [0, 0.1) is 0 Å². The Kier molecular flexibility index (Phi) is 6.42. The number of carbonyl (C=O) groups is 2. The first-order valence-corrected chi connectivity index (χ1v) is 7.56. The molecule has 0 aliphatic rings. The zero-order chi connectivity index (χ0) is 17.6. The van der Waals surface area contributed by atoms with Gasteiger partial charge < -0.3 is 24.9 Å². The number of aryl methyl sites for hydroxylation is 1. The summed E-state index contributed by atoms with van der Waals surface area (Å²) in [6.45, 7) is 5.29. The molecule has 0 bridgehead atoms. The first-order valence-electron chi connectivity index (χ1n) is 7.56. The molecule has 0 aliphatic heterocycles. The third-order valence-corrected chi connectivity index (χ3v) is 3.14. The van der Waals surface area contributed by atoms with Crippen molar-refractivity contribution in [1.29, 1.82) is 0 Å². The highest BCUT2D eigenvalue weighted by molar-refractivity contribution is 5.73. The minimum absolute atomic E-state index is 0.174. The Morgan fingerprint density at radius 1 is 1.39 bits per heavy atom. The SMILES string of the molecule is CN(C)c1ccc(O)cc1CCC(C=O)NC(=O)OC(C)(C)C. The van der Waals surface area contributed by atoms with Crippen LogP contribution in [-0.4, -0.2) is 43.2 Å². The van der Waals surface area contributed by atoms with E-state index in [9.17, 15) is 14.7 Å². The van der Waals surface area contributed by atoms with Gasteiger partial charge in [0, 0.05) is 19.8 Å². The number of hydrogen-bond acceptors (Lipinski definition) is 5. The molecule has 1 aromatic rings. The zero-order valence-corrected chi connectivity index (χ0v) is 14.4. The normalized spacial score (nSPS) is 12.4. The molecular weight excluding hydrogens is 296 g/mol. The molecule has 2 N–H and O–H groups in total. The van der Waals surface area contributed by atoms with Gasteiger partial charge in [-0.2, -0.15) is 0 Å². The highest BCUT2D eigenvalue weighted by Crippen LogP contribution is 2.25. The molecule has 23 heavy (non-hydrogen) atoms. The van der Waals surface area contributed by atoms with Gasteiger partial charge in [-0.05, 0) is 57.4 Å². The number of amides is 1. The number of phenolic OH excluding ortho intramolecular Hbond substituents is 1. The number of hydrogen-bond donors (Lipinski definition) is 2. The first kappa shape index (κ1) is 18.8. The van der Waals surface area contributed by atoms with Crippen molar-refractivity contribution in [2.24, 2.45) is 0 Å². The Labute approximate surface area is 137 Å². The number of carbonyl (C=O) groups excluding carboxylic acids is 2. The number of nitrogens with one attached hydrogen (secondary N) is 1. The van der Waals surface area contributed by atoms with Gasteiger partial charge in [0.2, 0.25) is 0 Å². The van der Waals surface area contributed by atoms with Crippen LogP contribution in [0.1, 0.15) is 32.8 Å². The van der Waals surface area contributed by atoms with Crippen molar-refractivity contribution in [3.63, 3.8) is 0 Å². The van der Waals surface area contributed by atoms with Gasteiger partial charge in [-0.25, -0.2) is 4.79 Å². The number of benzene rings is 1. The summed E-state index contributed by atoms with van der Waals surface area (Å²) in [6.07, 6.45) is 1.05. The summed E-state index contributed by atoms with van der Waals surface area (Å²) in [5, 5.41) is 12.2. The van der Waals surface area contributed by atoms with Crippen LogP contribution in [0.15, 0.2) is 18.2 Å². The van der Waals surface area contributed by atoms with E-state index in [1.54, 1.807) is 32.9 Å². The van der Waals surface area contributed by atoms with Crippen LogP contribution in [0.4, 0.5) is 10.5 Å². The average Bonchev–Trinajstić information content (AvgIpc) is 2.41. The van der Waals surface area contributed by atoms with Gasteiger partial charge in [0.05, 0.1) is 6.04 Å². The Bertz CT molecular complexity index is 550. The van der Waals surface area contributed by atoms with Crippen molar-refractivity contribution in [2.45, 2.75) is 45.3 Å². The largest absolute Gasteiger partial charge is 0.508 e. The van der Waals surface area contributed by atoms with Crippen molar-refractivity contribution in [3.8, 4) is 5.75 Å². The highest BCUT2D eigenvalue weighted by atomic mass is 16.6. The van der Waals surface area contributed by atoms with Gasteiger partial charge in [-0.15, -0.1) is 0 Å². The monoisotopic (exact) mass is 322 g/mol. The molecular formula is C17H26N2O4. The fraction of sp³-hybridized carbons (Fsp3) is 0.529. The lowest BCUT2D eigenvalue weighted by atomic mass is 10.0. The Morgan fingerprint density at radius 3 is 2.57 bits per heavy atom. The maximum atomic E-state index is 11.7. The smallest absolute Gasteiger partial charge is 0.408 e. The van der Waals surface area contributed by atoms with Crippen LogP contribution in [0.5, 0.6) is 5.75 Å². The number of aldehydes is 1. The van der Waals surface area contributed by atoms with E-state index >= 15 is 0 Å². The molecule has 0 heterocycles. The predicted octanol–water partition coefficient (Wildman–Crippen LogP) is 2.48. The molecule has 0 aliphatic carbocycles. The van der Waals surface area contributed by atoms with E-state index in [0.29, 0.717) is 19.1 Å². The predicted molar refractivity (Wildman–Crippen MR) is 90.0 cm³/mol. The number of anilines is 1. The molecule has 1 amide bonds. The topological polar surface area (TPSA) is 78.9 Å². The quantitative estimate of drug-likeness (QED) is 0.787. The molecule has 6 heteroatoms. The second kappa shape index (κ2) is 7.85. The van der Waals surface area contributed by atoms with E-state index < -0.39 is 17.7 Å². The molecule has 1 atom stereocenters. The number of nitrogens with zero attached hydrogens (tertiary/aromatic N) is 1. The van der Waals surface area contributed by atoms with E-state index in [1.165, 1.54) is 0 Å². The lowest BCUT2D eigenvalue weighted by molar-refractivity contribution is -0.109. The standard InChI is InChI=1S/C17H26N2O4/c1-17(2,3)23-16(22)18-13(11-20)7-6-12-10-14(21)8-9-15(12)19(4)5/h8-11,13,21H,6-7H2,1-5H3,(H,18,22). The summed E-state index contributed by atoms with van der Waals surface area (Å²) in [6, 6.07) is 4.48. The number of ether oxygens (including phenoxy) is 1. The summed E-state index contributed by atoms with van der Waals surface area (Å²) in [5.41, 5.74) is 1.26. The van der Waals surface area contributed by atoms with Crippen LogP contribution in [0.2, 0.25) is 0 Å². The van der Waals surface area contributed by atoms with Crippen LogP contribution in [-0.2, 0) is 16.0 Å². The van der Waals surface area contributed by atoms with Gasteiger partial charge in [0.1, 0.15) is 17.6 Å². The van der Waals surface area contributed by atoms with Crippen LogP contribution < -0.4 is 10.2 Å². The Hall–Kier alpha value is -2.24. The maximum Gasteiger partial charge on any atom is 0.408 e. The van der Waals surface area contributed by atoms with Crippen LogP contribution >= 0.6 is 0 Å². The maximum absolute atomic E-state index is 11.7. The average molecular weight is 322 g/mol. The highest BCUT2D eigenvalue weighted by Gasteiger charge is 2.19. The van der Waals surface area contributed by atoms with Gasteiger partial charge in [-0.3, -0.25) is 0 Å². The zero-order valence-electron chi connectivity index (χ0n) is 14.4. The van der Waals surface area contributed by atoms with Crippen molar-refractivity contribution in [2.75, 3.05) is 19.0 Å². The van der Waals surface area contributed by atoms with Crippen molar-refractivity contribution in [1.82, 2.24) is 5.32 Å². The summed E-state index contributed by atoms with van der Waals surface area (Å²) < 4.78 is 5.15. The molecule has 0 saturated carbocycles. The van der Waals surface area contributed by atoms with Crippen molar-refractivity contribution >= 4 is 18.1 Å². The van der Waals surface area contributed by atoms with Gasteiger partial charge >= 0.3 is 6.09 Å². The summed E-state index contributed by atoms with van der Waals surface area (Å²) in [4.78, 5) is 24.8. The van der Waals surface area contributed by atoms with Gasteiger partial charge in [-0.1, -0.05) is 0 Å². The molecule has 6 nitrogen and oxygen atoms in total. The van der Waals surface area contributed by atoms with Crippen molar-refractivity contribution < 1.29 is 19.4 Å². The van der Waals surface area contributed by atoms with Crippen LogP contribution in [0.25, 0.3) is 0 Å². The Morgan fingerprint density at radius 2 is 2.04 bits per heavy atom. The minimum Gasteiger partial charge on any atom is -0.508 e. The fourth-order valence-corrected chi connectivity index (χ4v) is 2.15. The molecule has 128 valence electrons.